The number of fused-ring (bicyclic) bond motifs is 1. The van der Waals surface area contributed by atoms with Crippen LogP contribution in [-0.2, 0) is 6.42 Å². The minimum absolute atomic E-state index is 0.0754. The molecule has 0 aliphatic heterocycles. The van der Waals surface area contributed by atoms with Crippen molar-refractivity contribution in [2.24, 2.45) is 0 Å². The van der Waals surface area contributed by atoms with Crippen molar-refractivity contribution in [3.05, 3.63) is 104 Å². The van der Waals surface area contributed by atoms with Crippen LogP contribution >= 0.6 is 0 Å². The molecule has 3 aromatic carbocycles. The van der Waals surface area contributed by atoms with Crippen LogP contribution < -0.4 is 10.2 Å². The Morgan fingerprint density at radius 2 is 1.74 bits per heavy atom. The fourth-order valence-electron chi connectivity index (χ4n) is 3.19. The third-order valence-corrected chi connectivity index (χ3v) is 4.87. The van der Waals surface area contributed by atoms with Crippen LogP contribution in [0, 0.1) is 10.1 Å². The van der Waals surface area contributed by atoms with Gasteiger partial charge in [0.2, 0.25) is 11.2 Å². The van der Waals surface area contributed by atoms with Gasteiger partial charge >= 0.3 is 5.97 Å². The lowest BCUT2D eigenvalue weighted by Gasteiger charge is -2.11. The standard InChI is InChI=1S/C24H17NO6/c1-2-15-8-13-20-19(14-15)21(26)23(22(30-20)16-6-4-3-5-7-16)31-24(27)17-9-11-18(12-10-17)25(28)29/h3-14H,2H2,1H3. The summed E-state index contributed by atoms with van der Waals surface area (Å²) in [5, 5.41) is 11.1. The average molecular weight is 415 g/mol. The normalized spacial score (nSPS) is 10.7. The molecule has 1 aromatic heterocycles. The Labute approximate surface area is 176 Å². The molecule has 0 N–H and O–H groups in total. The van der Waals surface area contributed by atoms with Gasteiger partial charge in [0.1, 0.15) is 5.58 Å². The first-order valence-electron chi connectivity index (χ1n) is 9.59. The topological polar surface area (TPSA) is 99.7 Å². The Bertz CT molecular complexity index is 1340. The maximum Gasteiger partial charge on any atom is 0.343 e. The summed E-state index contributed by atoms with van der Waals surface area (Å²) in [5.74, 6) is -0.904. The van der Waals surface area contributed by atoms with Crippen molar-refractivity contribution < 1.29 is 18.9 Å². The van der Waals surface area contributed by atoms with Gasteiger partial charge in [0.15, 0.2) is 5.76 Å². The van der Waals surface area contributed by atoms with Gasteiger partial charge in [-0.1, -0.05) is 43.3 Å². The van der Waals surface area contributed by atoms with Crippen LogP contribution in [-0.4, -0.2) is 10.9 Å². The van der Waals surface area contributed by atoms with Gasteiger partial charge in [0, 0.05) is 17.7 Å². The van der Waals surface area contributed by atoms with Crippen LogP contribution in [0.1, 0.15) is 22.8 Å². The molecular formula is C24H17NO6. The number of esters is 1. The Morgan fingerprint density at radius 1 is 1.03 bits per heavy atom. The molecule has 0 spiro atoms. The quantitative estimate of drug-likeness (QED) is 0.254. The molecule has 0 aliphatic carbocycles. The number of hydrogen-bond acceptors (Lipinski definition) is 6. The van der Waals surface area contributed by atoms with E-state index < -0.39 is 16.3 Å². The number of aryl methyl sites for hydroxylation is 1. The lowest BCUT2D eigenvalue weighted by atomic mass is 10.1. The van der Waals surface area contributed by atoms with Crippen molar-refractivity contribution >= 4 is 22.6 Å². The number of benzene rings is 3. The first kappa shape index (κ1) is 20.0. The average Bonchev–Trinajstić information content (AvgIpc) is 2.81. The van der Waals surface area contributed by atoms with Crippen molar-refractivity contribution in [2.45, 2.75) is 13.3 Å². The van der Waals surface area contributed by atoms with Gasteiger partial charge in [0.25, 0.3) is 5.69 Å². The Morgan fingerprint density at radius 3 is 2.39 bits per heavy atom. The fraction of sp³-hybridized carbons (Fsp3) is 0.0833. The SMILES string of the molecule is CCc1ccc2oc(-c3ccccc3)c(OC(=O)c3ccc([N+](=O)[O-])cc3)c(=O)c2c1. The number of nitro benzene ring substituents is 1. The van der Waals surface area contributed by atoms with E-state index in [-0.39, 0.29) is 22.8 Å². The number of nitrogens with zero attached hydrogens (tertiary/aromatic N) is 1. The van der Waals surface area contributed by atoms with Crippen molar-refractivity contribution in [1.82, 2.24) is 0 Å². The number of carbonyl (C=O) groups is 1. The molecule has 4 rings (SSSR count). The largest absolute Gasteiger partial charge is 0.452 e. The van der Waals surface area contributed by atoms with E-state index in [0.29, 0.717) is 16.5 Å². The summed E-state index contributed by atoms with van der Waals surface area (Å²) in [4.78, 5) is 36.3. The molecule has 7 nitrogen and oxygen atoms in total. The minimum Gasteiger partial charge on any atom is -0.452 e. The maximum atomic E-state index is 13.3. The molecule has 1 heterocycles. The molecule has 154 valence electrons. The van der Waals surface area contributed by atoms with Crippen molar-refractivity contribution in [2.75, 3.05) is 0 Å². The highest BCUT2D eigenvalue weighted by Gasteiger charge is 2.22. The maximum absolute atomic E-state index is 13.3. The zero-order valence-electron chi connectivity index (χ0n) is 16.5. The van der Waals surface area contributed by atoms with Gasteiger partial charge in [-0.3, -0.25) is 14.9 Å². The third kappa shape index (κ3) is 3.93. The van der Waals surface area contributed by atoms with Crippen molar-refractivity contribution in [1.29, 1.82) is 0 Å². The Kier molecular flexibility index (Phi) is 5.32. The lowest BCUT2D eigenvalue weighted by Crippen LogP contribution is -2.16. The molecule has 0 saturated carbocycles. The van der Waals surface area contributed by atoms with Crippen LogP contribution in [0.4, 0.5) is 5.69 Å². The van der Waals surface area contributed by atoms with Crippen LogP contribution in [0.2, 0.25) is 0 Å². The van der Waals surface area contributed by atoms with Gasteiger partial charge in [-0.2, -0.15) is 0 Å². The van der Waals surface area contributed by atoms with Gasteiger partial charge in [-0.25, -0.2) is 4.79 Å². The fourth-order valence-corrected chi connectivity index (χ4v) is 3.19. The summed E-state index contributed by atoms with van der Waals surface area (Å²) < 4.78 is 11.5. The van der Waals surface area contributed by atoms with E-state index in [4.69, 9.17) is 9.15 Å². The third-order valence-electron chi connectivity index (χ3n) is 4.87. The van der Waals surface area contributed by atoms with E-state index in [1.807, 2.05) is 19.1 Å². The smallest absolute Gasteiger partial charge is 0.343 e. The number of ether oxygens (including phenoxy) is 1. The van der Waals surface area contributed by atoms with Crippen molar-refractivity contribution in [3.8, 4) is 17.1 Å². The van der Waals surface area contributed by atoms with Crippen LogP contribution in [0.15, 0.2) is 82.0 Å². The zero-order chi connectivity index (χ0) is 22.0. The molecule has 7 heteroatoms. The summed E-state index contributed by atoms with van der Waals surface area (Å²) in [6.45, 7) is 1.97. The number of nitro groups is 1. The summed E-state index contributed by atoms with van der Waals surface area (Å²) in [5.41, 5.74) is 1.36. The number of hydrogen-bond donors (Lipinski definition) is 0. The molecule has 0 bridgehead atoms. The van der Waals surface area contributed by atoms with Gasteiger partial charge in [-0.05, 0) is 36.2 Å². The lowest BCUT2D eigenvalue weighted by molar-refractivity contribution is -0.384. The highest BCUT2D eigenvalue weighted by molar-refractivity contribution is 5.93. The van der Waals surface area contributed by atoms with E-state index in [2.05, 4.69) is 0 Å². The summed E-state index contributed by atoms with van der Waals surface area (Å²) in [7, 11) is 0. The van der Waals surface area contributed by atoms with Gasteiger partial charge in [-0.15, -0.1) is 0 Å². The molecule has 0 radical (unpaired) electrons. The molecule has 0 fully saturated rings. The number of rotatable bonds is 5. The zero-order valence-corrected chi connectivity index (χ0v) is 16.5. The monoisotopic (exact) mass is 415 g/mol. The second kappa shape index (κ2) is 8.23. The van der Waals surface area contributed by atoms with Gasteiger partial charge in [0.05, 0.1) is 15.9 Å². The second-order valence-electron chi connectivity index (χ2n) is 6.83. The molecule has 0 saturated heterocycles. The predicted octanol–water partition coefficient (Wildman–Crippen LogP) is 5.15. The summed E-state index contributed by atoms with van der Waals surface area (Å²) in [6, 6.07) is 19.1. The molecule has 4 aromatic rings. The molecule has 31 heavy (non-hydrogen) atoms. The molecule has 0 atom stereocenters. The molecular weight excluding hydrogens is 398 g/mol. The Balaban J connectivity index is 1.84. The highest BCUT2D eigenvalue weighted by Crippen LogP contribution is 2.31. The van der Waals surface area contributed by atoms with Crippen LogP contribution in [0.25, 0.3) is 22.3 Å². The molecule has 0 aliphatic rings. The summed E-state index contributed by atoms with van der Waals surface area (Å²) in [6.07, 6.45) is 0.730. The van der Waals surface area contributed by atoms with Crippen LogP contribution in [0.3, 0.4) is 0 Å². The highest BCUT2D eigenvalue weighted by atomic mass is 16.6. The number of non-ortho nitro benzene ring substituents is 1. The van der Waals surface area contributed by atoms with E-state index in [9.17, 15) is 19.7 Å². The minimum atomic E-state index is -0.814. The molecule has 0 unspecified atom stereocenters. The first-order valence-corrected chi connectivity index (χ1v) is 9.59. The Hall–Kier alpha value is -4.26. The van der Waals surface area contributed by atoms with Gasteiger partial charge < -0.3 is 9.15 Å². The molecule has 0 amide bonds. The van der Waals surface area contributed by atoms with Crippen LogP contribution in [0.5, 0.6) is 5.75 Å². The predicted molar refractivity (Wildman–Crippen MR) is 115 cm³/mol. The summed E-state index contributed by atoms with van der Waals surface area (Å²) >= 11 is 0. The van der Waals surface area contributed by atoms with E-state index in [1.54, 1.807) is 36.4 Å². The number of carbonyl (C=O) groups excluding carboxylic acids is 1. The van der Waals surface area contributed by atoms with E-state index in [1.165, 1.54) is 24.3 Å². The first-order chi connectivity index (χ1) is 15.0. The van der Waals surface area contributed by atoms with E-state index >= 15 is 0 Å². The van der Waals surface area contributed by atoms with Crippen molar-refractivity contribution in [3.63, 3.8) is 0 Å². The second-order valence-corrected chi connectivity index (χ2v) is 6.83. The van der Waals surface area contributed by atoms with E-state index in [0.717, 1.165) is 12.0 Å².